The second-order valence-corrected chi connectivity index (χ2v) is 7.10. The molecule has 31 heavy (non-hydrogen) atoms. The zero-order chi connectivity index (χ0) is 22.0. The van der Waals surface area contributed by atoms with Crippen LogP contribution in [-0.4, -0.2) is 33.4 Å². The number of allylic oxidation sites excluding steroid dienone is 1. The van der Waals surface area contributed by atoms with Gasteiger partial charge in [-0.3, -0.25) is 4.79 Å². The number of amides is 1. The average Bonchev–Trinajstić information content (AvgIpc) is 3.18. The highest BCUT2D eigenvalue weighted by molar-refractivity contribution is 6.08. The maximum atomic E-state index is 13.0. The van der Waals surface area contributed by atoms with Crippen molar-refractivity contribution in [3.05, 3.63) is 83.2 Å². The van der Waals surface area contributed by atoms with Gasteiger partial charge in [-0.2, -0.15) is 5.10 Å². The summed E-state index contributed by atoms with van der Waals surface area (Å²) in [5.41, 5.74) is 2.62. The van der Waals surface area contributed by atoms with Crippen molar-refractivity contribution in [3.8, 4) is 5.75 Å². The maximum absolute atomic E-state index is 13.0. The van der Waals surface area contributed by atoms with Crippen LogP contribution in [0.1, 0.15) is 34.5 Å². The third kappa shape index (κ3) is 4.00. The highest BCUT2D eigenvalue weighted by Crippen LogP contribution is 2.36. The summed E-state index contributed by atoms with van der Waals surface area (Å²) in [7, 11) is 0. The molecule has 3 aromatic rings. The molecule has 3 N–H and O–H groups in total. The molecular weight excluding hydrogens is 396 g/mol. The minimum Gasteiger partial charge on any atom is -0.494 e. The van der Waals surface area contributed by atoms with E-state index in [2.05, 4.69) is 15.7 Å². The zero-order valence-electron chi connectivity index (χ0n) is 17.1. The van der Waals surface area contributed by atoms with Crippen molar-refractivity contribution in [2.75, 3.05) is 17.2 Å². The summed E-state index contributed by atoms with van der Waals surface area (Å²) in [6.07, 6.45) is 2.99. The van der Waals surface area contributed by atoms with Gasteiger partial charge in [-0.25, -0.2) is 9.48 Å². The Morgan fingerprint density at radius 1 is 1.23 bits per heavy atom. The standard InChI is InChI=1S/C23H22N4O4/c1-3-31-20-10-5-4-9-16(20)19-12-18(23(29)30)26-21-17(13-24-27(19)21)22(28)25-15-8-6-7-14(2)11-15/h4-13,19,26H,3H2,1-2H3,(H,25,28)(H,29,30)/t19-/m1/s1. The largest absolute Gasteiger partial charge is 0.494 e. The predicted molar refractivity (Wildman–Crippen MR) is 116 cm³/mol. The van der Waals surface area contributed by atoms with Crippen LogP contribution in [0.25, 0.3) is 0 Å². The van der Waals surface area contributed by atoms with Crippen LogP contribution >= 0.6 is 0 Å². The quantitative estimate of drug-likeness (QED) is 0.562. The molecule has 0 aliphatic carbocycles. The number of rotatable bonds is 6. The molecule has 2 aromatic carbocycles. The molecule has 1 atom stereocenters. The first-order chi connectivity index (χ1) is 15.0. The monoisotopic (exact) mass is 418 g/mol. The number of carbonyl (C=O) groups excluding carboxylic acids is 1. The Morgan fingerprint density at radius 3 is 2.77 bits per heavy atom. The van der Waals surface area contributed by atoms with Gasteiger partial charge in [-0.05, 0) is 43.7 Å². The lowest BCUT2D eigenvalue weighted by molar-refractivity contribution is -0.132. The van der Waals surface area contributed by atoms with E-state index < -0.39 is 12.0 Å². The number of para-hydroxylation sites is 1. The Kier molecular flexibility index (Phi) is 5.44. The van der Waals surface area contributed by atoms with Crippen molar-refractivity contribution < 1.29 is 19.4 Å². The molecule has 0 fully saturated rings. The summed E-state index contributed by atoms with van der Waals surface area (Å²) in [5, 5.41) is 19.7. The van der Waals surface area contributed by atoms with Crippen molar-refractivity contribution in [2.24, 2.45) is 0 Å². The lowest BCUT2D eigenvalue weighted by Gasteiger charge is -2.25. The summed E-state index contributed by atoms with van der Waals surface area (Å²) in [5.74, 6) is -0.578. The minimum absolute atomic E-state index is 0.0334. The van der Waals surface area contributed by atoms with Crippen LogP contribution in [0.5, 0.6) is 5.75 Å². The molecule has 1 aliphatic rings. The van der Waals surface area contributed by atoms with E-state index in [4.69, 9.17) is 4.74 Å². The van der Waals surface area contributed by atoms with Crippen LogP contribution < -0.4 is 15.4 Å². The number of aromatic nitrogens is 2. The summed E-state index contributed by atoms with van der Waals surface area (Å²) < 4.78 is 7.32. The second kappa shape index (κ2) is 8.35. The first-order valence-corrected chi connectivity index (χ1v) is 9.87. The first-order valence-electron chi connectivity index (χ1n) is 9.87. The molecule has 2 heterocycles. The number of hydrogen-bond acceptors (Lipinski definition) is 5. The van der Waals surface area contributed by atoms with Gasteiger partial charge in [0.2, 0.25) is 0 Å². The highest BCUT2D eigenvalue weighted by atomic mass is 16.5. The number of carboxylic acids is 1. The topological polar surface area (TPSA) is 105 Å². The number of carbonyl (C=O) groups is 2. The van der Waals surface area contributed by atoms with Crippen molar-refractivity contribution in [3.63, 3.8) is 0 Å². The molecule has 4 rings (SSSR count). The fraction of sp³-hybridized carbons (Fsp3) is 0.174. The second-order valence-electron chi connectivity index (χ2n) is 7.10. The number of fused-ring (bicyclic) bond motifs is 1. The van der Waals surface area contributed by atoms with Crippen LogP contribution in [0, 0.1) is 6.92 Å². The normalized spacial score (nSPS) is 14.8. The fourth-order valence-electron chi connectivity index (χ4n) is 3.54. The van der Waals surface area contributed by atoms with Crippen LogP contribution in [0.15, 0.2) is 66.5 Å². The van der Waals surface area contributed by atoms with Crippen LogP contribution in [0.2, 0.25) is 0 Å². The molecule has 0 saturated heterocycles. The Balaban J connectivity index is 1.75. The molecule has 1 amide bonds. The molecule has 0 unspecified atom stereocenters. The summed E-state index contributed by atoms with van der Waals surface area (Å²) in [4.78, 5) is 24.7. The minimum atomic E-state index is -1.13. The van der Waals surface area contributed by atoms with Gasteiger partial charge in [-0.1, -0.05) is 30.3 Å². The van der Waals surface area contributed by atoms with Crippen molar-refractivity contribution >= 4 is 23.4 Å². The third-order valence-electron chi connectivity index (χ3n) is 4.93. The number of benzene rings is 2. The van der Waals surface area contributed by atoms with Gasteiger partial charge in [0, 0.05) is 11.3 Å². The molecule has 0 saturated carbocycles. The van der Waals surface area contributed by atoms with Crippen molar-refractivity contribution in [1.82, 2.24) is 9.78 Å². The Hall–Kier alpha value is -4.07. The number of nitrogens with one attached hydrogen (secondary N) is 2. The number of nitrogens with zero attached hydrogens (tertiary/aromatic N) is 2. The van der Waals surface area contributed by atoms with Crippen LogP contribution in [0.3, 0.4) is 0 Å². The van der Waals surface area contributed by atoms with Gasteiger partial charge in [-0.15, -0.1) is 0 Å². The lowest BCUT2D eigenvalue weighted by atomic mass is 10.0. The van der Waals surface area contributed by atoms with E-state index in [-0.39, 0.29) is 17.2 Å². The average molecular weight is 418 g/mol. The number of ether oxygens (including phenoxy) is 1. The first kappa shape index (κ1) is 20.2. The van der Waals surface area contributed by atoms with E-state index in [9.17, 15) is 14.7 Å². The molecule has 1 aromatic heterocycles. The van der Waals surface area contributed by atoms with Gasteiger partial charge in [0.15, 0.2) is 0 Å². The van der Waals surface area contributed by atoms with E-state index in [1.165, 1.54) is 6.20 Å². The van der Waals surface area contributed by atoms with Crippen LogP contribution in [0.4, 0.5) is 11.5 Å². The SMILES string of the molecule is CCOc1ccccc1[C@H]1C=C(C(=O)O)Nc2c(C(=O)Nc3cccc(C)c3)cnn21. The summed E-state index contributed by atoms with van der Waals surface area (Å²) in [6.45, 7) is 4.28. The molecule has 158 valence electrons. The van der Waals surface area contributed by atoms with Gasteiger partial charge in [0.25, 0.3) is 5.91 Å². The van der Waals surface area contributed by atoms with E-state index in [1.54, 1.807) is 16.8 Å². The number of anilines is 2. The van der Waals surface area contributed by atoms with Gasteiger partial charge >= 0.3 is 5.97 Å². The molecular formula is C23H22N4O4. The Morgan fingerprint density at radius 2 is 2.03 bits per heavy atom. The fourth-order valence-corrected chi connectivity index (χ4v) is 3.54. The summed E-state index contributed by atoms with van der Waals surface area (Å²) >= 11 is 0. The molecule has 0 radical (unpaired) electrons. The highest BCUT2D eigenvalue weighted by Gasteiger charge is 2.30. The molecule has 0 bridgehead atoms. The van der Waals surface area contributed by atoms with Gasteiger partial charge in [0.05, 0.1) is 12.8 Å². The third-order valence-corrected chi connectivity index (χ3v) is 4.93. The predicted octanol–water partition coefficient (Wildman–Crippen LogP) is 3.83. The lowest BCUT2D eigenvalue weighted by Crippen LogP contribution is -2.26. The zero-order valence-corrected chi connectivity index (χ0v) is 17.1. The number of aryl methyl sites for hydroxylation is 1. The maximum Gasteiger partial charge on any atom is 0.352 e. The van der Waals surface area contributed by atoms with Crippen LogP contribution in [-0.2, 0) is 4.79 Å². The number of hydrogen-bond donors (Lipinski definition) is 3. The van der Waals surface area contributed by atoms with Crippen molar-refractivity contribution in [2.45, 2.75) is 19.9 Å². The molecule has 8 nitrogen and oxygen atoms in total. The number of aliphatic carboxylic acids is 1. The van der Waals surface area contributed by atoms with Crippen molar-refractivity contribution in [1.29, 1.82) is 0 Å². The van der Waals surface area contributed by atoms with Gasteiger partial charge in [0.1, 0.15) is 28.9 Å². The molecule has 8 heteroatoms. The van der Waals surface area contributed by atoms with E-state index in [1.807, 2.05) is 56.3 Å². The smallest absolute Gasteiger partial charge is 0.352 e. The molecule has 0 spiro atoms. The number of carboxylic acid groups (broad SMARTS) is 1. The van der Waals surface area contributed by atoms with Gasteiger partial charge < -0.3 is 20.5 Å². The van der Waals surface area contributed by atoms with E-state index in [0.29, 0.717) is 23.9 Å². The summed E-state index contributed by atoms with van der Waals surface area (Å²) in [6, 6.07) is 14.3. The van der Waals surface area contributed by atoms with E-state index in [0.717, 1.165) is 11.1 Å². The Labute approximate surface area is 179 Å². The Bertz CT molecular complexity index is 1180. The van der Waals surface area contributed by atoms with E-state index >= 15 is 0 Å². The molecule has 1 aliphatic heterocycles.